The van der Waals surface area contributed by atoms with Crippen LogP contribution in [0, 0.1) is 23.7 Å². The molecule has 121 heavy (non-hydrogen) atoms. The van der Waals surface area contributed by atoms with E-state index in [1.165, 1.54) is 70.6 Å². The summed E-state index contributed by atoms with van der Waals surface area (Å²) in [6, 6.07) is 66.3. The van der Waals surface area contributed by atoms with Gasteiger partial charge in [0, 0.05) is 51.6 Å². The van der Waals surface area contributed by atoms with Crippen molar-refractivity contribution in [2.45, 2.75) is 184 Å². The first-order valence-corrected chi connectivity index (χ1v) is 43.7. The molecular weight excluding hydrogens is 1510 g/mol. The van der Waals surface area contributed by atoms with Gasteiger partial charge in [-0.05, 0) is 189 Å². The van der Waals surface area contributed by atoms with Crippen LogP contribution in [0.5, 0.6) is 57.5 Å². The third-order valence-electron chi connectivity index (χ3n) is 21.5. The van der Waals surface area contributed by atoms with E-state index in [-0.39, 0.29) is 17.2 Å². The van der Waals surface area contributed by atoms with Crippen LogP contribution in [0.25, 0.3) is 102 Å². The van der Waals surface area contributed by atoms with Crippen LogP contribution in [0.3, 0.4) is 0 Å². The molecule has 0 amide bonds. The molecule has 4 unspecified atom stereocenters. The molecule has 9 aromatic carbocycles. The normalized spacial score (nSPS) is 12.0. The monoisotopic (exact) mass is 1630 g/mol. The van der Waals surface area contributed by atoms with Gasteiger partial charge in [-0.15, -0.1) is 0 Å². The van der Waals surface area contributed by atoms with Crippen molar-refractivity contribution in [3.63, 3.8) is 0 Å². The summed E-state index contributed by atoms with van der Waals surface area (Å²) in [5, 5.41) is 32.9. The summed E-state index contributed by atoms with van der Waals surface area (Å²) in [5.74, 6) is 11.6. The maximum Gasteiger partial charge on any atom is 0.167 e. The number of aromatic nitrogens is 9. The number of rotatable bonds is 44. The summed E-state index contributed by atoms with van der Waals surface area (Å²) < 4.78 is 40.8. The van der Waals surface area contributed by atoms with E-state index in [2.05, 4.69) is 77.3 Å². The first-order valence-electron chi connectivity index (χ1n) is 43.7. The van der Waals surface area contributed by atoms with Gasteiger partial charge < -0.3 is 48.5 Å². The lowest BCUT2D eigenvalue weighted by Crippen LogP contribution is -2.11. The number of ether oxygens (including phenoxy) is 7. The molecule has 0 fully saturated rings. The van der Waals surface area contributed by atoms with Crippen molar-refractivity contribution in [2.75, 3.05) is 47.3 Å². The molecule has 19 heteroatoms. The van der Waals surface area contributed by atoms with E-state index in [9.17, 15) is 15.3 Å². The Morgan fingerprint density at radius 1 is 0.256 bits per heavy atom. The lowest BCUT2D eigenvalue weighted by Gasteiger charge is -2.16. The van der Waals surface area contributed by atoms with Crippen molar-refractivity contribution in [1.29, 1.82) is 0 Å². The highest BCUT2D eigenvalue weighted by Gasteiger charge is 2.22. The molecule has 636 valence electrons. The van der Waals surface area contributed by atoms with Gasteiger partial charge in [-0.3, -0.25) is 0 Å². The molecule has 0 saturated heterocycles. The zero-order valence-electron chi connectivity index (χ0n) is 72.7. The number of phenols is 3. The van der Waals surface area contributed by atoms with Gasteiger partial charge in [0.2, 0.25) is 0 Å². The van der Waals surface area contributed by atoms with E-state index in [0.717, 1.165) is 108 Å². The van der Waals surface area contributed by atoms with E-state index >= 15 is 0 Å². The molecule has 0 bridgehead atoms. The SMILES string of the molecule is CCCCC(C)COc1ccc(-c2nc(-c3ccc(OCC(CC)CCCC)cc3)nc(-c3ccc(OCC(CC)CCCC)cc3O)n2)cc1.CCCCC(CC)COc1ccc(-c2nc(-c3ccc(OC)cc3)nc(-c3ccc(OC)cc3)n2)c(O)c1.CCCCCCOc1ccc(-c2nc(-c3ccccc3)nc(-c3ccccc3)n2)c(O)c1. The van der Waals surface area contributed by atoms with E-state index in [0.29, 0.717) is 143 Å². The molecule has 12 rings (SSSR count). The quantitative estimate of drug-likeness (QED) is 0.0301. The Hall–Kier alpha value is -12.0. The van der Waals surface area contributed by atoms with Crippen LogP contribution in [0.4, 0.5) is 0 Å². The summed E-state index contributed by atoms with van der Waals surface area (Å²) in [6.07, 6.45) is 22.0. The third kappa shape index (κ3) is 28.1. The van der Waals surface area contributed by atoms with Crippen molar-refractivity contribution in [3.8, 4) is 160 Å². The highest BCUT2D eigenvalue weighted by Crippen LogP contribution is 2.39. The van der Waals surface area contributed by atoms with Gasteiger partial charge in [-0.25, -0.2) is 44.9 Å². The van der Waals surface area contributed by atoms with Crippen LogP contribution >= 0.6 is 0 Å². The van der Waals surface area contributed by atoms with E-state index in [1.54, 1.807) is 44.6 Å². The second-order valence-electron chi connectivity index (χ2n) is 30.8. The number of unbranched alkanes of at least 4 members (excludes halogenated alkanes) is 7. The molecule has 3 aromatic heterocycles. The summed E-state index contributed by atoms with van der Waals surface area (Å²) in [7, 11) is 3.25. The fourth-order valence-corrected chi connectivity index (χ4v) is 13.6. The molecule has 0 aliphatic heterocycles. The number of hydrogen-bond acceptors (Lipinski definition) is 19. The number of aromatic hydroxyl groups is 3. The maximum absolute atomic E-state index is 11.2. The first-order chi connectivity index (χ1) is 59.1. The average molecular weight is 1640 g/mol. The maximum atomic E-state index is 11.2. The number of methoxy groups -OCH3 is 2. The molecular formula is C102H123N9O10. The fourth-order valence-electron chi connectivity index (χ4n) is 13.6. The second-order valence-corrected chi connectivity index (χ2v) is 30.8. The van der Waals surface area contributed by atoms with Gasteiger partial charge in [-0.1, -0.05) is 213 Å². The standard InChI is InChI=1S/C44H61N3O4.C31H35N3O4.C27H27N3O2/c1-7-12-15-32(6)29-49-37-22-18-35(19-23-37)42-45-43(36-20-24-38(25-21-36)50-30-33(10-4)16-13-8-2)47-44(46-42)40-27-26-39(28-41(40)48)51-31-34(11-5)17-14-9-3;1-5-7-8-21(6-2)20-38-26-17-18-27(28(35)19-26)31-33-29(22-9-13-24(36-3)14-10-22)32-30(34-31)23-11-15-25(37-4)16-12-23;1-2-3-4-11-18-32-22-16-17-23(24(31)19-22)27-29-25(20-12-7-5-8-13-20)28-26(30-27)21-14-9-6-10-15-21/h18-28,32-34,48H,7-17,29-31H2,1-6H3;9-19,21,35H,5-8,20H2,1-4H3;5-10,12-17,19,31H,2-4,11,18H2,1H3. The minimum Gasteiger partial charge on any atom is -0.507 e. The number of hydrogen-bond donors (Lipinski definition) is 3. The Morgan fingerprint density at radius 3 is 0.818 bits per heavy atom. The lowest BCUT2D eigenvalue weighted by molar-refractivity contribution is 0.232. The van der Waals surface area contributed by atoms with E-state index < -0.39 is 0 Å². The fraction of sp³-hybridized carbons (Fsp3) is 0.382. The lowest BCUT2D eigenvalue weighted by atomic mass is 10.0. The predicted molar refractivity (Wildman–Crippen MR) is 487 cm³/mol. The van der Waals surface area contributed by atoms with Crippen molar-refractivity contribution in [3.05, 3.63) is 212 Å². The highest BCUT2D eigenvalue weighted by molar-refractivity contribution is 5.74. The molecule has 0 aliphatic rings. The minimum atomic E-state index is 0.0525. The van der Waals surface area contributed by atoms with Gasteiger partial charge in [0.15, 0.2) is 52.4 Å². The van der Waals surface area contributed by atoms with Gasteiger partial charge >= 0.3 is 0 Å². The molecule has 0 saturated carbocycles. The van der Waals surface area contributed by atoms with Crippen molar-refractivity contribution >= 4 is 0 Å². The molecule has 0 radical (unpaired) electrons. The minimum absolute atomic E-state index is 0.0525. The molecule has 12 aromatic rings. The topological polar surface area (TPSA) is 241 Å². The second kappa shape index (κ2) is 48.9. The molecule has 4 atom stereocenters. The number of benzene rings is 9. The van der Waals surface area contributed by atoms with Crippen molar-refractivity contribution < 1.29 is 48.5 Å². The van der Waals surface area contributed by atoms with Crippen LogP contribution < -0.4 is 33.2 Å². The largest absolute Gasteiger partial charge is 0.507 e. The first kappa shape index (κ1) is 91.3. The Balaban J connectivity index is 0.000000196. The number of phenolic OH excluding ortho intramolecular Hbond substituents is 3. The predicted octanol–water partition coefficient (Wildman–Crippen LogP) is 25.7. The molecule has 3 heterocycles. The van der Waals surface area contributed by atoms with Gasteiger partial charge in [0.1, 0.15) is 57.5 Å². The van der Waals surface area contributed by atoms with Gasteiger partial charge in [0.25, 0.3) is 0 Å². The average Bonchev–Trinajstić information content (AvgIpc) is 0.803. The van der Waals surface area contributed by atoms with Crippen LogP contribution in [0.15, 0.2) is 212 Å². The molecule has 19 nitrogen and oxygen atoms in total. The smallest absolute Gasteiger partial charge is 0.167 e. The molecule has 0 spiro atoms. The van der Waals surface area contributed by atoms with Crippen LogP contribution in [-0.2, 0) is 0 Å². The molecule has 3 N–H and O–H groups in total. The van der Waals surface area contributed by atoms with E-state index in [1.807, 2.05) is 182 Å². The van der Waals surface area contributed by atoms with Crippen LogP contribution in [0.2, 0.25) is 0 Å². The van der Waals surface area contributed by atoms with E-state index in [4.69, 9.17) is 63.1 Å². The van der Waals surface area contributed by atoms with Crippen LogP contribution in [-0.4, -0.2) is 107 Å². The highest BCUT2D eigenvalue weighted by atomic mass is 16.5. The zero-order valence-corrected chi connectivity index (χ0v) is 72.7. The Morgan fingerprint density at radius 2 is 0.521 bits per heavy atom. The Labute approximate surface area is 716 Å². The van der Waals surface area contributed by atoms with Gasteiger partial charge in [-0.2, -0.15) is 0 Å². The molecule has 0 aliphatic carbocycles. The summed E-state index contributed by atoms with van der Waals surface area (Å²) in [5.41, 5.74) is 6.62. The zero-order chi connectivity index (χ0) is 85.5. The summed E-state index contributed by atoms with van der Waals surface area (Å²) >= 11 is 0. The number of nitrogens with zero attached hydrogens (tertiary/aromatic N) is 9. The third-order valence-corrected chi connectivity index (χ3v) is 21.5. The Kier molecular flexibility index (Phi) is 36.9. The summed E-state index contributed by atoms with van der Waals surface area (Å²) in [4.78, 5) is 42.8. The Bertz CT molecular complexity index is 4920. The van der Waals surface area contributed by atoms with Crippen molar-refractivity contribution in [2.24, 2.45) is 23.7 Å². The van der Waals surface area contributed by atoms with Gasteiger partial charge in [0.05, 0.1) is 63.9 Å². The van der Waals surface area contributed by atoms with Crippen molar-refractivity contribution in [1.82, 2.24) is 44.9 Å². The van der Waals surface area contributed by atoms with Crippen LogP contribution in [0.1, 0.15) is 184 Å². The summed E-state index contributed by atoms with van der Waals surface area (Å²) in [6.45, 7) is 23.2.